The second-order valence-corrected chi connectivity index (χ2v) is 2.45. The third kappa shape index (κ3) is 1.44. The van der Waals surface area contributed by atoms with Gasteiger partial charge in [0, 0.05) is 6.42 Å². The van der Waals surface area contributed by atoms with Gasteiger partial charge in [0.2, 0.25) is 0 Å². The van der Waals surface area contributed by atoms with Gasteiger partial charge in [-0.25, -0.2) is 0 Å². The van der Waals surface area contributed by atoms with Gasteiger partial charge in [0.1, 0.15) is 7.85 Å². The monoisotopic (exact) mass is 130 g/mol. The summed E-state index contributed by atoms with van der Waals surface area (Å²) in [6.45, 7) is 0.0153. The standard InChI is InChI=1S/C5H11BO3/c6-5-4(8)1-3(2-7)9-5/h3-5,7-8H,1-2,6H2/t3-,4+,5?/m0/s1. The van der Waals surface area contributed by atoms with Gasteiger partial charge in [-0.1, -0.05) is 0 Å². The van der Waals surface area contributed by atoms with E-state index >= 15 is 0 Å². The third-order valence-corrected chi connectivity index (χ3v) is 1.66. The molecule has 0 spiro atoms. The van der Waals surface area contributed by atoms with E-state index in [2.05, 4.69) is 0 Å². The van der Waals surface area contributed by atoms with E-state index in [0.717, 1.165) is 0 Å². The minimum absolute atomic E-state index is 0.0153. The first-order chi connectivity index (χ1) is 4.24. The molecule has 0 aromatic heterocycles. The highest BCUT2D eigenvalue weighted by Crippen LogP contribution is 2.16. The molecule has 3 atom stereocenters. The summed E-state index contributed by atoms with van der Waals surface area (Å²) in [5.74, 6) is 0. The lowest BCUT2D eigenvalue weighted by Crippen LogP contribution is -2.20. The van der Waals surface area contributed by atoms with Gasteiger partial charge in [-0.15, -0.1) is 0 Å². The molecule has 0 aromatic rings. The summed E-state index contributed by atoms with van der Waals surface area (Å²) in [6, 6.07) is -0.109. The maximum absolute atomic E-state index is 9.06. The molecule has 52 valence electrons. The van der Waals surface area contributed by atoms with Crippen LogP contribution in [0.4, 0.5) is 0 Å². The van der Waals surface area contributed by atoms with E-state index in [1.165, 1.54) is 0 Å². The van der Waals surface area contributed by atoms with Crippen molar-refractivity contribution in [2.24, 2.45) is 0 Å². The first kappa shape index (κ1) is 7.06. The molecule has 1 aliphatic heterocycles. The molecule has 1 saturated heterocycles. The van der Waals surface area contributed by atoms with Crippen molar-refractivity contribution in [3.63, 3.8) is 0 Å². The number of aliphatic hydroxyl groups is 2. The quantitative estimate of drug-likeness (QED) is 0.407. The summed E-state index contributed by atoms with van der Waals surface area (Å²) in [5.41, 5.74) is 0. The van der Waals surface area contributed by atoms with E-state index in [9.17, 15) is 0 Å². The topological polar surface area (TPSA) is 49.7 Å². The van der Waals surface area contributed by atoms with Crippen LogP contribution in [0.3, 0.4) is 0 Å². The van der Waals surface area contributed by atoms with Gasteiger partial charge in [0.15, 0.2) is 0 Å². The molecule has 1 aliphatic rings. The molecule has 1 unspecified atom stereocenters. The van der Waals surface area contributed by atoms with Crippen LogP contribution in [0.1, 0.15) is 6.42 Å². The Labute approximate surface area is 55.0 Å². The predicted molar refractivity (Wildman–Crippen MR) is 34.9 cm³/mol. The van der Waals surface area contributed by atoms with E-state index < -0.39 is 0 Å². The molecule has 4 heteroatoms. The van der Waals surface area contributed by atoms with Crippen molar-refractivity contribution in [2.45, 2.75) is 24.6 Å². The SMILES string of the molecule is BC1O[C@H](CO)C[C@H]1O. The number of rotatable bonds is 1. The lowest BCUT2D eigenvalue weighted by Gasteiger charge is -2.06. The molecule has 1 heterocycles. The first-order valence-electron chi connectivity index (χ1n) is 3.18. The smallest absolute Gasteiger partial charge is 0.142 e. The van der Waals surface area contributed by atoms with Crippen LogP contribution in [0.25, 0.3) is 0 Å². The van der Waals surface area contributed by atoms with E-state index in [-0.39, 0.29) is 24.8 Å². The Kier molecular flexibility index (Phi) is 2.11. The van der Waals surface area contributed by atoms with Gasteiger partial charge in [0.05, 0.1) is 24.8 Å². The fourth-order valence-corrected chi connectivity index (χ4v) is 1.03. The Morgan fingerprint density at radius 2 is 2.33 bits per heavy atom. The first-order valence-corrected chi connectivity index (χ1v) is 3.18. The molecule has 2 N–H and O–H groups in total. The Balaban J connectivity index is 2.35. The minimum atomic E-state index is -0.387. The highest BCUT2D eigenvalue weighted by atomic mass is 16.5. The molecule has 0 saturated carbocycles. The molecule has 0 amide bonds. The van der Waals surface area contributed by atoms with Crippen LogP contribution in [-0.2, 0) is 4.74 Å². The number of hydrogen-bond acceptors (Lipinski definition) is 3. The van der Waals surface area contributed by atoms with E-state index in [0.29, 0.717) is 6.42 Å². The Morgan fingerprint density at radius 1 is 1.67 bits per heavy atom. The average Bonchev–Trinajstić information content (AvgIpc) is 2.13. The number of ether oxygens (including phenoxy) is 1. The highest BCUT2D eigenvalue weighted by molar-refractivity contribution is 6.11. The van der Waals surface area contributed by atoms with Gasteiger partial charge in [0.25, 0.3) is 0 Å². The van der Waals surface area contributed by atoms with Crippen LogP contribution >= 0.6 is 0 Å². The number of aliphatic hydroxyl groups excluding tert-OH is 2. The second kappa shape index (κ2) is 2.69. The molecule has 0 aliphatic carbocycles. The zero-order chi connectivity index (χ0) is 6.85. The zero-order valence-corrected chi connectivity index (χ0v) is 5.45. The average molecular weight is 130 g/mol. The van der Waals surface area contributed by atoms with Crippen molar-refractivity contribution in [1.82, 2.24) is 0 Å². The lowest BCUT2D eigenvalue weighted by molar-refractivity contribution is 0.0307. The molecule has 0 radical (unpaired) electrons. The summed E-state index contributed by atoms with van der Waals surface area (Å²) < 4.78 is 5.12. The van der Waals surface area contributed by atoms with E-state index in [4.69, 9.17) is 14.9 Å². The maximum Gasteiger partial charge on any atom is 0.142 e. The molecular formula is C5H11BO3. The summed E-state index contributed by atoms with van der Waals surface area (Å²) in [4.78, 5) is 0. The molecule has 0 aromatic carbocycles. The summed E-state index contributed by atoms with van der Waals surface area (Å²) in [7, 11) is 1.81. The van der Waals surface area contributed by atoms with Crippen molar-refractivity contribution in [1.29, 1.82) is 0 Å². The van der Waals surface area contributed by atoms with Crippen molar-refractivity contribution in [2.75, 3.05) is 6.61 Å². The van der Waals surface area contributed by atoms with Gasteiger partial charge < -0.3 is 14.9 Å². The molecule has 9 heavy (non-hydrogen) atoms. The van der Waals surface area contributed by atoms with Crippen molar-refractivity contribution in [3.8, 4) is 0 Å². The molecule has 3 nitrogen and oxygen atoms in total. The highest BCUT2D eigenvalue weighted by Gasteiger charge is 2.29. The van der Waals surface area contributed by atoms with Gasteiger partial charge in [-0.05, 0) is 0 Å². The minimum Gasteiger partial charge on any atom is -0.394 e. The van der Waals surface area contributed by atoms with Crippen LogP contribution < -0.4 is 0 Å². The van der Waals surface area contributed by atoms with E-state index in [1.54, 1.807) is 7.85 Å². The van der Waals surface area contributed by atoms with Crippen molar-refractivity contribution in [3.05, 3.63) is 0 Å². The van der Waals surface area contributed by atoms with Crippen LogP contribution in [0.2, 0.25) is 0 Å². The summed E-state index contributed by atoms with van der Waals surface area (Å²) in [6.07, 6.45) is 0.0367. The Bertz CT molecular complexity index is 88.2. The Morgan fingerprint density at radius 3 is 2.56 bits per heavy atom. The van der Waals surface area contributed by atoms with Crippen molar-refractivity contribution < 1.29 is 14.9 Å². The molecule has 0 bridgehead atoms. The van der Waals surface area contributed by atoms with Crippen LogP contribution in [0, 0.1) is 0 Å². The molecule has 1 fully saturated rings. The second-order valence-electron chi connectivity index (χ2n) is 2.45. The van der Waals surface area contributed by atoms with Gasteiger partial charge >= 0.3 is 0 Å². The maximum atomic E-state index is 9.06. The van der Waals surface area contributed by atoms with Crippen molar-refractivity contribution >= 4 is 7.85 Å². The van der Waals surface area contributed by atoms with Gasteiger partial charge in [-0.3, -0.25) is 0 Å². The fraction of sp³-hybridized carbons (Fsp3) is 1.00. The molecular weight excluding hydrogens is 119 g/mol. The zero-order valence-electron chi connectivity index (χ0n) is 5.45. The molecule has 1 rings (SSSR count). The third-order valence-electron chi connectivity index (χ3n) is 1.66. The van der Waals surface area contributed by atoms with E-state index in [1.807, 2.05) is 0 Å². The summed E-state index contributed by atoms with van der Waals surface area (Å²) >= 11 is 0. The Hall–Kier alpha value is -0.0551. The largest absolute Gasteiger partial charge is 0.394 e. The predicted octanol–water partition coefficient (Wildman–Crippen LogP) is -1.91. The fourth-order valence-electron chi connectivity index (χ4n) is 1.03. The lowest BCUT2D eigenvalue weighted by atomic mass is 9.95. The van der Waals surface area contributed by atoms with Crippen LogP contribution in [0.15, 0.2) is 0 Å². The van der Waals surface area contributed by atoms with Crippen LogP contribution in [0.5, 0.6) is 0 Å². The normalized spacial score (nSPS) is 43.6. The van der Waals surface area contributed by atoms with Gasteiger partial charge in [-0.2, -0.15) is 0 Å². The summed E-state index contributed by atoms with van der Waals surface area (Å²) in [5, 5.41) is 17.6. The van der Waals surface area contributed by atoms with Crippen LogP contribution in [-0.4, -0.2) is 42.9 Å². The number of hydrogen-bond donors (Lipinski definition) is 2.